The molecule has 0 amide bonds. The van der Waals surface area contributed by atoms with Gasteiger partial charge in [0.15, 0.2) is 11.5 Å². The Kier molecular flexibility index (Phi) is 2.62. The average molecular weight is 240 g/mol. The van der Waals surface area contributed by atoms with Crippen LogP contribution in [-0.2, 0) is 0 Å². The molecule has 0 unspecified atom stereocenters. The largest absolute Gasteiger partial charge is 0.504 e. The number of nitrogens with zero attached hydrogens (tertiary/aromatic N) is 1. The summed E-state index contributed by atoms with van der Waals surface area (Å²) in [6.07, 6.45) is 1.56. The second-order valence-corrected chi connectivity index (χ2v) is 3.61. The number of aromatic nitrogens is 2. The van der Waals surface area contributed by atoms with E-state index in [1.165, 1.54) is 13.2 Å². The second-order valence-electron chi connectivity index (χ2n) is 3.20. The molecule has 1 aromatic heterocycles. The van der Waals surface area contributed by atoms with Gasteiger partial charge in [-0.25, -0.2) is 0 Å². The molecule has 0 radical (unpaired) electrons. The van der Waals surface area contributed by atoms with E-state index in [1.807, 2.05) is 0 Å². The summed E-state index contributed by atoms with van der Waals surface area (Å²) >= 11 is 6.01. The predicted octanol–water partition coefficient (Wildman–Crippen LogP) is 2.03. The Morgan fingerprint density at radius 1 is 1.44 bits per heavy atom. The Balaban J connectivity index is 2.61. The van der Waals surface area contributed by atoms with Gasteiger partial charge in [-0.3, -0.25) is 5.10 Å². The van der Waals surface area contributed by atoms with Crippen molar-refractivity contribution in [3.05, 3.63) is 23.4 Å². The van der Waals surface area contributed by atoms with Gasteiger partial charge in [-0.15, -0.1) is 0 Å². The van der Waals surface area contributed by atoms with Gasteiger partial charge in [-0.2, -0.15) is 5.10 Å². The number of anilines is 1. The number of phenolic OH excluding ortho intramolecular Hbond substituents is 1. The lowest BCUT2D eigenvalue weighted by Gasteiger charge is -2.08. The van der Waals surface area contributed by atoms with E-state index in [2.05, 4.69) is 10.2 Å². The lowest BCUT2D eigenvalue weighted by Crippen LogP contribution is -1.90. The minimum absolute atomic E-state index is 0.0154. The van der Waals surface area contributed by atoms with Crippen molar-refractivity contribution in [2.75, 3.05) is 12.8 Å². The van der Waals surface area contributed by atoms with E-state index in [9.17, 15) is 5.11 Å². The molecule has 0 spiro atoms. The van der Waals surface area contributed by atoms with Crippen molar-refractivity contribution in [1.29, 1.82) is 0 Å². The van der Waals surface area contributed by atoms with Crippen LogP contribution in [-0.4, -0.2) is 22.4 Å². The van der Waals surface area contributed by atoms with E-state index in [0.717, 1.165) is 0 Å². The molecule has 1 heterocycles. The van der Waals surface area contributed by atoms with E-state index in [1.54, 1.807) is 12.3 Å². The maximum absolute atomic E-state index is 9.52. The van der Waals surface area contributed by atoms with Crippen LogP contribution in [0.15, 0.2) is 18.3 Å². The maximum Gasteiger partial charge on any atom is 0.161 e. The van der Waals surface area contributed by atoms with Crippen LogP contribution >= 0.6 is 11.6 Å². The molecule has 2 rings (SSSR count). The van der Waals surface area contributed by atoms with Crippen LogP contribution in [0.2, 0.25) is 5.02 Å². The van der Waals surface area contributed by atoms with Gasteiger partial charge in [0, 0.05) is 17.2 Å². The van der Waals surface area contributed by atoms with E-state index < -0.39 is 0 Å². The monoisotopic (exact) mass is 239 g/mol. The first-order chi connectivity index (χ1) is 7.63. The molecule has 0 saturated heterocycles. The van der Waals surface area contributed by atoms with Crippen LogP contribution in [0.1, 0.15) is 0 Å². The SMILES string of the molecule is COc1cc(-c2cn[nH]c2N)c(Cl)cc1O. The third kappa shape index (κ3) is 1.65. The van der Waals surface area contributed by atoms with Crippen molar-refractivity contribution < 1.29 is 9.84 Å². The summed E-state index contributed by atoms with van der Waals surface area (Å²) in [5.41, 5.74) is 7.02. The number of nitrogens with two attached hydrogens (primary N) is 1. The molecule has 16 heavy (non-hydrogen) atoms. The number of hydrogen-bond acceptors (Lipinski definition) is 4. The molecule has 84 valence electrons. The molecule has 0 saturated carbocycles. The molecule has 0 fully saturated rings. The van der Waals surface area contributed by atoms with Crippen LogP contribution in [0.25, 0.3) is 11.1 Å². The minimum atomic E-state index is -0.0154. The number of benzene rings is 1. The Bertz CT molecular complexity index is 525. The summed E-state index contributed by atoms with van der Waals surface area (Å²) in [5, 5.41) is 16.3. The highest BCUT2D eigenvalue weighted by molar-refractivity contribution is 6.33. The highest BCUT2D eigenvalue weighted by Crippen LogP contribution is 2.38. The molecule has 4 N–H and O–H groups in total. The third-order valence-corrected chi connectivity index (χ3v) is 2.54. The topological polar surface area (TPSA) is 84.2 Å². The fourth-order valence-electron chi connectivity index (χ4n) is 1.42. The van der Waals surface area contributed by atoms with Crippen LogP contribution in [0.4, 0.5) is 5.82 Å². The Morgan fingerprint density at radius 3 is 2.75 bits per heavy atom. The summed E-state index contributed by atoms with van der Waals surface area (Å²) in [4.78, 5) is 0. The number of methoxy groups -OCH3 is 1. The number of H-pyrrole nitrogens is 1. The first-order valence-electron chi connectivity index (χ1n) is 4.49. The number of ether oxygens (including phenoxy) is 1. The van der Waals surface area contributed by atoms with Crippen molar-refractivity contribution in [2.45, 2.75) is 0 Å². The van der Waals surface area contributed by atoms with Gasteiger partial charge in [-0.1, -0.05) is 11.6 Å². The zero-order valence-electron chi connectivity index (χ0n) is 8.49. The number of phenols is 1. The first kappa shape index (κ1) is 10.6. The maximum atomic E-state index is 9.52. The van der Waals surface area contributed by atoms with Gasteiger partial charge in [0.05, 0.1) is 18.3 Å². The fraction of sp³-hybridized carbons (Fsp3) is 0.100. The molecule has 0 aliphatic rings. The number of aromatic hydroxyl groups is 1. The number of hydrogen-bond donors (Lipinski definition) is 3. The summed E-state index contributed by atoms with van der Waals surface area (Å²) in [5.74, 6) is 0.730. The Labute approximate surface area is 96.8 Å². The third-order valence-electron chi connectivity index (χ3n) is 2.23. The summed E-state index contributed by atoms with van der Waals surface area (Å²) in [6, 6.07) is 3.01. The number of nitrogens with one attached hydrogen (secondary N) is 1. The van der Waals surface area contributed by atoms with Crippen molar-refractivity contribution in [3.8, 4) is 22.6 Å². The molecular weight excluding hydrogens is 230 g/mol. The van der Waals surface area contributed by atoms with Gasteiger partial charge in [-0.05, 0) is 6.07 Å². The molecule has 0 aliphatic heterocycles. The van der Waals surface area contributed by atoms with E-state index in [4.69, 9.17) is 22.1 Å². The van der Waals surface area contributed by atoms with Crippen LogP contribution < -0.4 is 10.5 Å². The van der Waals surface area contributed by atoms with E-state index in [-0.39, 0.29) is 5.75 Å². The number of nitrogen functional groups attached to an aromatic ring is 1. The highest BCUT2D eigenvalue weighted by atomic mass is 35.5. The van der Waals surface area contributed by atoms with Gasteiger partial charge in [0.1, 0.15) is 5.82 Å². The van der Waals surface area contributed by atoms with Crippen molar-refractivity contribution in [3.63, 3.8) is 0 Å². The molecule has 6 heteroatoms. The van der Waals surface area contributed by atoms with E-state index in [0.29, 0.717) is 27.7 Å². The molecular formula is C10H10ClN3O2. The zero-order valence-corrected chi connectivity index (χ0v) is 9.25. The normalized spacial score (nSPS) is 10.4. The smallest absolute Gasteiger partial charge is 0.161 e. The second kappa shape index (κ2) is 3.94. The molecule has 0 aliphatic carbocycles. The standard InChI is InChI=1S/C10H10ClN3O2/c1-16-9-2-5(7(11)3-8(9)15)6-4-13-14-10(6)12/h2-4,15H,1H3,(H3,12,13,14). The number of aromatic amines is 1. The molecule has 1 aromatic carbocycles. The predicted molar refractivity (Wildman–Crippen MR) is 61.7 cm³/mol. The average Bonchev–Trinajstić information content (AvgIpc) is 2.65. The fourth-order valence-corrected chi connectivity index (χ4v) is 1.68. The lowest BCUT2D eigenvalue weighted by molar-refractivity contribution is 0.373. The minimum Gasteiger partial charge on any atom is -0.504 e. The molecule has 2 aromatic rings. The van der Waals surface area contributed by atoms with Crippen molar-refractivity contribution in [1.82, 2.24) is 10.2 Å². The van der Waals surface area contributed by atoms with Crippen molar-refractivity contribution >= 4 is 17.4 Å². The first-order valence-corrected chi connectivity index (χ1v) is 4.87. The summed E-state index contributed by atoms with van der Waals surface area (Å²) in [7, 11) is 1.46. The Morgan fingerprint density at radius 2 is 2.19 bits per heavy atom. The van der Waals surface area contributed by atoms with E-state index >= 15 is 0 Å². The van der Waals surface area contributed by atoms with Gasteiger partial charge >= 0.3 is 0 Å². The van der Waals surface area contributed by atoms with Gasteiger partial charge in [0.2, 0.25) is 0 Å². The van der Waals surface area contributed by atoms with Crippen molar-refractivity contribution in [2.24, 2.45) is 0 Å². The van der Waals surface area contributed by atoms with Gasteiger partial charge < -0.3 is 15.6 Å². The Hall–Kier alpha value is -1.88. The number of halogens is 1. The van der Waals surface area contributed by atoms with Crippen LogP contribution in [0.3, 0.4) is 0 Å². The van der Waals surface area contributed by atoms with Crippen LogP contribution in [0.5, 0.6) is 11.5 Å². The van der Waals surface area contributed by atoms with Crippen LogP contribution in [0, 0.1) is 0 Å². The molecule has 0 atom stereocenters. The lowest BCUT2D eigenvalue weighted by atomic mass is 10.1. The van der Waals surface area contributed by atoms with Gasteiger partial charge in [0.25, 0.3) is 0 Å². The molecule has 0 bridgehead atoms. The number of rotatable bonds is 2. The zero-order chi connectivity index (χ0) is 11.7. The molecule has 5 nitrogen and oxygen atoms in total. The summed E-state index contributed by atoms with van der Waals surface area (Å²) in [6.45, 7) is 0. The summed E-state index contributed by atoms with van der Waals surface area (Å²) < 4.78 is 5.00. The highest BCUT2D eigenvalue weighted by Gasteiger charge is 2.13. The quantitative estimate of drug-likeness (QED) is 0.749.